The molecule has 1 heterocycles. The quantitative estimate of drug-likeness (QED) is 0.100. The first kappa shape index (κ1) is 52.0. The van der Waals surface area contributed by atoms with Crippen LogP contribution in [0.2, 0.25) is 0 Å². The monoisotopic (exact) mass is 914 g/mol. The van der Waals surface area contributed by atoms with Gasteiger partial charge in [0.05, 0.1) is 19.0 Å². The zero-order valence-electron chi connectivity index (χ0n) is 36.7. The molecule has 2 aromatic rings. The predicted molar refractivity (Wildman–Crippen MR) is 241 cm³/mol. The molecule has 0 spiro atoms. The van der Waals surface area contributed by atoms with Crippen molar-refractivity contribution in [1.82, 2.24) is 31.9 Å². The Balaban J connectivity index is 2.19. The molecule has 0 bridgehead atoms. The minimum atomic E-state index is -1.76. The number of hydrogen-bond acceptors (Lipinski definition) is 12. The smallest absolute Gasteiger partial charge is 0.305 e. The van der Waals surface area contributed by atoms with E-state index in [0.717, 1.165) is 21.6 Å². The van der Waals surface area contributed by atoms with Gasteiger partial charge in [0.25, 0.3) is 0 Å². The van der Waals surface area contributed by atoms with Gasteiger partial charge in [-0.2, -0.15) is 0 Å². The second-order valence-electron chi connectivity index (χ2n) is 16.9. The molecular weight excluding hydrogens is 853 g/mol. The third-order valence-corrected chi connectivity index (χ3v) is 14.7. The minimum Gasteiger partial charge on any atom is -0.508 e. The summed E-state index contributed by atoms with van der Waals surface area (Å²) in [7, 11) is 2.17. The van der Waals surface area contributed by atoms with E-state index in [9.17, 15) is 48.6 Å². The van der Waals surface area contributed by atoms with Crippen molar-refractivity contribution >= 4 is 68.9 Å². The van der Waals surface area contributed by atoms with Crippen LogP contribution < -0.4 is 43.4 Å². The number of aromatic hydroxyl groups is 1. The van der Waals surface area contributed by atoms with Gasteiger partial charge in [0.15, 0.2) is 0 Å². The highest BCUT2D eigenvalue weighted by Crippen LogP contribution is 2.47. The topological polar surface area (TPSA) is 301 Å². The first-order valence-electron chi connectivity index (χ1n) is 20.7. The summed E-state index contributed by atoms with van der Waals surface area (Å²) in [6.07, 6.45) is 0.439. The van der Waals surface area contributed by atoms with E-state index < -0.39 is 112 Å². The number of primary amides is 1. The lowest BCUT2D eigenvalue weighted by atomic mass is 9.81. The zero-order chi connectivity index (χ0) is 47.2. The highest BCUT2D eigenvalue weighted by Gasteiger charge is 2.47. The molecule has 18 nitrogen and oxygen atoms in total. The second-order valence-corrected chi connectivity index (χ2v) is 20.4. The Morgan fingerprint density at radius 3 is 2.03 bits per heavy atom. The fourth-order valence-electron chi connectivity index (χ4n) is 6.96. The van der Waals surface area contributed by atoms with E-state index in [1.165, 1.54) is 12.1 Å². The maximum Gasteiger partial charge on any atom is 0.305 e. The summed E-state index contributed by atoms with van der Waals surface area (Å²) in [6.45, 7) is 11.6. The van der Waals surface area contributed by atoms with Gasteiger partial charge in [0.2, 0.25) is 41.4 Å². The lowest BCUT2D eigenvalue weighted by molar-refractivity contribution is -0.142. The van der Waals surface area contributed by atoms with Crippen LogP contribution in [-0.2, 0) is 44.8 Å². The van der Waals surface area contributed by atoms with E-state index in [1.807, 2.05) is 20.8 Å². The number of aliphatic carboxylic acids is 1. The van der Waals surface area contributed by atoms with Crippen LogP contribution in [-0.4, -0.2) is 110 Å². The van der Waals surface area contributed by atoms with Crippen LogP contribution >= 0.6 is 21.6 Å². The average Bonchev–Trinajstić information content (AvgIpc) is 3.21. The van der Waals surface area contributed by atoms with E-state index in [1.54, 1.807) is 70.2 Å². The third kappa shape index (κ3) is 15.5. The normalized spacial score (nSPS) is 21.8. The molecule has 20 heteroatoms. The van der Waals surface area contributed by atoms with Gasteiger partial charge < -0.3 is 53.6 Å². The number of rotatable bonds is 17. The summed E-state index contributed by atoms with van der Waals surface area (Å²) in [5, 5.41) is 35.6. The summed E-state index contributed by atoms with van der Waals surface area (Å²) < 4.78 is -2.57. The number of benzene rings is 2. The van der Waals surface area contributed by atoms with Crippen molar-refractivity contribution in [2.45, 2.75) is 132 Å². The van der Waals surface area contributed by atoms with Crippen LogP contribution in [0.4, 0.5) is 0 Å². The molecule has 12 N–H and O–H groups in total. The van der Waals surface area contributed by atoms with E-state index >= 15 is 0 Å². The Morgan fingerprint density at radius 2 is 1.46 bits per heavy atom. The Hall–Kier alpha value is -5.34. The molecule has 0 radical (unpaired) electrons. The summed E-state index contributed by atoms with van der Waals surface area (Å²) in [6, 6.07) is 6.52. The molecule has 3 rings (SSSR count). The molecule has 7 amide bonds. The molecule has 1 fully saturated rings. The molecule has 0 aliphatic carbocycles. The van der Waals surface area contributed by atoms with Crippen LogP contribution in [0.3, 0.4) is 0 Å². The Labute approximate surface area is 375 Å². The summed E-state index contributed by atoms with van der Waals surface area (Å²) >= 11 is 0. The number of carboxylic acids is 1. The van der Waals surface area contributed by atoms with Gasteiger partial charge in [-0.25, -0.2) is 0 Å². The number of nitrogens with two attached hydrogens (primary N) is 2. The SMILES string of the molecule is CCCC[C@H](NC(=O)C1NC(=O)[C@H](CC(=O)O)NC(=O)[C@@H]([C@H](c2ccccc2)C(C)C)NC(=O)[C@H](NC(=O)[C@@H](N)Cc2ccc(O)cc2)C(C)(C)SSC1(C)C)C(=O)NCC(N)=O. The lowest BCUT2D eigenvalue weighted by Crippen LogP contribution is -2.65. The molecule has 346 valence electrons. The zero-order valence-corrected chi connectivity index (χ0v) is 38.3. The number of carboxylic acid groups (broad SMARTS) is 1. The van der Waals surface area contributed by atoms with E-state index in [0.29, 0.717) is 24.0 Å². The molecule has 1 aliphatic rings. The van der Waals surface area contributed by atoms with Crippen molar-refractivity contribution in [2.75, 3.05) is 6.54 Å². The van der Waals surface area contributed by atoms with Crippen LogP contribution in [0, 0.1) is 5.92 Å². The lowest BCUT2D eigenvalue weighted by Gasteiger charge is -2.40. The molecule has 1 unspecified atom stereocenters. The van der Waals surface area contributed by atoms with Crippen molar-refractivity contribution in [3.05, 3.63) is 65.7 Å². The molecule has 0 saturated carbocycles. The fourth-order valence-corrected chi connectivity index (χ4v) is 9.78. The number of nitrogens with one attached hydrogen (secondary N) is 6. The molecule has 2 aromatic carbocycles. The van der Waals surface area contributed by atoms with Crippen LogP contribution in [0.1, 0.15) is 91.2 Å². The van der Waals surface area contributed by atoms with Gasteiger partial charge in [-0.1, -0.05) is 97.7 Å². The van der Waals surface area contributed by atoms with Crippen LogP contribution in [0.15, 0.2) is 54.6 Å². The predicted octanol–water partition coefficient (Wildman–Crippen LogP) is 1.34. The third-order valence-electron chi connectivity index (χ3n) is 10.5. The van der Waals surface area contributed by atoms with Gasteiger partial charge in [0, 0.05) is 15.4 Å². The Kier molecular flexibility index (Phi) is 19.3. The number of amides is 7. The molecule has 0 aromatic heterocycles. The fraction of sp³-hybridized carbons (Fsp3) is 0.535. The van der Waals surface area contributed by atoms with Gasteiger partial charge in [-0.05, 0) is 69.7 Å². The van der Waals surface area contributed by atoms with Crippen molar-refractivity contribution in [3.8, 4) is 5.75 Å². The molecule has 1 aliphatic heterocycles. The number of unbranched alkanes of at least 4 members (excludes halogenated alkanes) is 1. The first-order valence-corrected chi connectivity index (χ1v) is 22.9. The average molecular weight is 915 g/mol. The number of carbonyl (C=O) groups excluding carboxylic acids is 7. The van der Waals surface area contributed by atoms with Crippen molar-refractivity contribution in [1.29, 1.82) is 0 Å². The first-order chi connectivity index (χ1) is 29.5. The summed E-state index contributed by atoms with van der Waals surface area (Å²) in [4.78, 5) is 109. The molecule has 7 atom stereocenters. The van der Waals surface area contributed by atoms with Gasteiger partial charge in [-0.3, -0.25) is 38.4 Å². The number of phenolic OH excluding ortho intramolecular Hbond substituents is 1. The Morgan fingerprint density at radius 1 is 0.841 bits per heavy atom. The number of phenols is 1. The maximum atomic E-state index is 14.8. The number of carbonyl (C=O) groups is 8. The maximum absolute atomic E-state index is 14.8. The van der Waals surface area contributed by atoms with Crippen molar-refractivity contribution < 1.29 is 48.6 Å². The standard InChI is InChI=1S/C43H62N8O10S2/c1-8-9-15-28(37(57)46-22-30(45)53)47-40(60)34-42(4,5)62-63-43(6,7)35(50-36(56)27(44)20-24-16-18-26(52)19-17-24)41(61)49-33(32(23(2)3)25-13-11-10-12-14-25)39(59)48-29(21-31(54)55)38(58)51-34/h10-14,16-19,23,27-29,32-35,52H,8-9,15,20-22,44H2,1-7H3,(H2,45,53)(H,46,57)(H,47,60)(H,48,59)(H,49,61)(H,50,56)(H,51,58)(H,54,55)/t27-,28-,29-,32-,33+,34?,35-/m0/s1. The van der Waals surface area contributed by atoms with Gasteiger partial charge in [-0.15, -0.1) is 0 Å². The van der Waals surface area contributed by atoms with Crippen molar-refractivity contribution in [2.24, 2.45) is 17.4 Å². The Bertz CT molecular complexity index is 1950. The molecular formula is C43H62N8O10S2. The van der Waals surface area contributed by atoms with E-state index in [-0.39, 0.29) is 24.5 Å². The van der Waals surface area contributed by atoms with Gasteiger partial charge >= 0.3 is 5.97 Å². The largest absolute Gasteiger partial charge is 0.508 e. The van der Waals surface area contributed by atoms with Crippen LogP contribution in [0.5, 0.6) is 5.75 Å². The summed E-state index contributed by atoms with van der Waals surface area (Å²) in [5.41, 5.74) is 12.9. The van der Waals surface area contributed by atoms with Crippen molar-refractivity contribution in [3.63, 3.8) is 0 Å². The van der Waals surface area contributed by atoms with Crippen LogP contribution in [0.25, 0.3) is 0 Å². The second kappa shape index (κ2) is 23.4. The highest BCUT2D eigenvalue weighted by molar-refractivity contribution is 8.77. The number of hydrogen-bond donors (Lipinski definition) is 10. The highest BCUT2D eigenvalue weighted by atomic mass is 33.1. The van der Waals surface area contributed by atoms with Gasteiger partial charge in [0.1, 0.15) is 36.0 Å². The summed E-state index contributed by atoms with van der Waals surface area (Å²) in [5.74, 6) is -8.27. The minimum absolute atomic E-state index is 0.0248. The van der Waals surface area contributed by atoms with E-state index in [4.69, 9.17) is 11.5 Å². The molecule has 63 heavy (non-hydrogen) atoms. The van der Waals surface area contributed by atoms with E-state index in [2.05, 4.69) is 31.9 Å². The molecule has 1 saturated heterocycles.